The monoisotopic (exact) mass is 390 g/mol. The molecule has 1 N–H and O–H groups in total. The molecule has 0 unspecified atom stereocenters. The molecular formula is C23H22N2O2S. The Hall–Kier alpha value is -2.79. The van der Waals surface area contributed by atoms with Crippen LogP contribution in [0, 0.1) is 0 Å². The average Bonchev–Trinajstić information content (AvgIpc) is 2.75. The highest BCUT2D eigenvalue weighted by molar-refractivity contribution is 7.99. The van der Waals surface area contributed by atoms with Gasteiger partial charge in [-0.2, -0.15) is 11.8 Å². The molecule has 5 heteroatoms. The molecule has 0 spiro atoms. The standard InChI is InChI=1S/C23H22N2O2S/c26-22(25-11-13-28-14-12-25)15-17-5-9-21(10-6-17)24-23(27)20-8-7-18-3-1-2-4-19(18)16-20/h1-10,16H,11-15H2,(H,24,27). The number of amides is 2. The molecule has 142 valence electrons. The van der Waals surface area contributed by atoms with Gasteiger partial charge in [-0.1, -0.05) is 42.5 Å². The quantitative estimate of drug-likeness (QED) is 0.726. The molecule has 4 rings (SSSR count). The molecule has 0 radical (unpaired) electrons. The largest absolute Gasteiger partial charge is 0.341 e. The van der Waals surface area contributed by atoms with Crippen LogP contribution in [0.1, 0.15) is 15.9 Å². The zero-order valence-corrected chi connectivity index (χ0v) is 16.4. The van der Waals surface area contributed by atoms with Gasteiger partial charge in [0.2, 0.25) is 5.91 Å². The van der Waals surface area contributed by atoms with Gasteiger partial charge in [-0.25, -0.2) is 0 Å². The number of anilines is 1. The molecule has 4 nitrogen and oxygen atoms in total. The second-order valence-corrected chi connectivity index (χ2v) is 8.11. The number of nitrogens with zero attached hydrogens (tertiary/aromatic N) is 1. The van der Waals surface area contributed by atoms with Crippen LogP contribution in [0.15, 0.2) is 66.7 Å². The highest BCUT2D eigenvalue weighted by Gasteiger charge is 2.16. The minimum atomic E-state index is -0.139. The number of nitrogens with one attached hydrogen (secondary N) is 1. The van der Waals surface area contributed by atoms with Crippen LogP contribution in [-0.4, -0.2) is 41.3 Å². The van der Waals surface area contributed by atoms with E-state index in [1.807, 2.05) is 83.4 Å². The van der Waals surface area contributed by atoms with E-state index < -0.39 is 0 Å². The van der Waals surface area contributed by atoms with Crippen LogP contribution in [0.4, 0.5) is 5.69 Å². The van der Waals surface area contributed by atoms with Crippen LogP contribution in [0.3, 0.4) is 0 Å². The van der Waals surface area contributed by atoms with Gasteiger partial charge in [-0.3, -0.25) is 9.59 Å². The van der Waals surface area contributed by atoms with Gasteiger partial charge in [0.1, 0.15) is 0 Å². The third-order valence-corrected chi connectivity index (χ3v) is 5.89. The number of fused-ring (bicyclic) bond motifs is 1. The Balaban J connectivity index is 1.39. The van der Waals surface area contributed by atoms with Gasteiger partial charge in [-0.05, 0) is 40.6 Å². The fourth-order valence-electron chi connectivity index (χ4n) is 3.34. The molecule has 1 fully saturated rings. The molecule has 1 saturated heterocycles. The summed E-state index contributed by atoms with van der Waals surface area (Å²) in [5.41, 5.74) is 2.32. The van der Waals surface area contributed by atoms with E-state index in [9.17, 15) is 9.59 Å². The van der Waals surface area contributed by atoms with Crippen LogP contribution in [0.2, 0.25) is 0 Å². The number of rotatable bonds is 4. The van der Waals surface area contributed by atoms with Gasteiger partial charge in [0, 0.05) is 35.8 Å². The predicted molar refractivity (Wildman–Crippen MR) is 116 cm³/mol. The van der Waals surface area contributed by atoms with Crippen molar-refractivity contribution in [2.24, 2.45) is 0 Å². The Morgan fingerprint density at radius 2 is 1.61 bits per heavy atom. The lowest BCUT2D eigenvalue weighted by atomic mass is 10.1. The van der Waals surface area contributed by atoms with Gasteiger partial charge >= 0.3 is 0 Å². The summed E-state index contributed by atoms with van der Waals surface area (Å²) in [6.07, 6.45) is 0.406. The van der Waals surface area contributed by atoms with Gasteiger partial charge in [-0.15, -0.1) is 0 Å². The third-order valence-electron chi connectivity index (χ3n) is 4.94. The Kier molecular flexibility index (Phi) is 5.63. The highest BCUT2D eigenvalue weighted by atomic mass is 32.2. The molecular weight excluding hydrogens is 368 g/mol. The van der Waals surface area contributed by atoms with Crippen LogP contribution >= 0.6 is 11.8 Å². The van der Waals surface area contributed by atoms with Crippen LogP contribution < -0.4 is 5.32 Å². The lowest BCUT2D eigenvalue weighted by Crippen LogP contribution is -2.38. The smallest absolute Gasteiger partial charge is 0.255 e. The van der Waals surface area contributed by atoms with Gasteiger partial charge < -0.3 is 10.2 Å². The number of thioether (sulfide) groups is 1. The molecule has 0 aliphatic carbocycles. The molecule has 0 bridgehead atoms. The van der Waals surface area contributed by atoms with Crippen molar-refractivity contribution >= 4 is 40.0 Å². The van der Waals surface area contributed by atoms with Crippen molar-refractivity contribution in [2.45, 2.75) is 6.42 Å². The summed E-state index contributed by atoms with van der Waals surface area (Å²) in [4.78, 5) is 26.9. The zero-order chi connectivity index (χ0) is 19.3. The highest BCUT2D eigenvalue weighted by Crippen LogP contribution is 2.18. The minimum absolute atomic E-state index is 0.139. The van der Waals surface area contributed by atoms with Crippen LogP contribution in [0.5, 0.6) is 0 Å². The van der Waals surface area contributed by atoms with E-state index in [1.165, 1.54) is 0 Å². The molecule has 3 aromatic carbocycles. The first-order valence-electron chi connectivity index (χ1n) is 9.44. The summed E-state index contributed by atoms with van der Waals surface area (Å²) >= 11 is 1.89. The fourth-order valence-corrected chi connectivity index (χ4v) is 4.24. The van der Waals surface area contributed by atoms with Crippen molar-refractivity contribution in [1.82, 2.24) is 4.90 Å². The number of hydrogen-bond donors (Lipinski definition) is 1. The van der Waals surface area contributed by atoms with Crippen molar-refractivity contribution in [3.63, 3.8) is 0 Å². The van der Waals surface area contributed by atoms with E-state index >= 15 is 0 Å². The summed E-state index contributed by atoms with van der Waals surface area (Å²) < 4.78 is 0. The molecule has 0 saturated carbocycles. The summed E-state index contributed by atoms with van der Waals surface area (Å²) in [7, 11) is 0. The van der Waals surface area contributed by atoms with Gasteiger partial charge in [0.25, 0.3) is 5.91 Å². The predicted octanol–water partition coefficient (Wildman–Crippen LogP) is 4.21. The normalized spacial score (nSPS) is 14.1. The number of carbonyl (C=O) groups is 2. The molecule has 1 heterocycles. The lowest BCUT2D eigenvalue weighted by Gasteiger charge is -2.26. The molecule has 0 aromatic heterocycles. The first-order valence-corrected chi connectivity index (χ1v) is 10.6. The molecule has 2 amide bonds. The number of benzene rings is 3. The Bertz CT molecular complexity index is 995. The Labute approximate surface area is 168 Å². The molecule has 1 aliphatic heterocycles. The summed E-state index contributed by atoms with van der Waals surface area (Å²) in [5.74, 6) is 2.07. The lowest BCUT2D eigenvalue weighted by molar-refractivity contribution is -0.130. The first kappa shape index (κ1) is 18.6. The van der Waals surface area contributed by atoms with E-state index in [2.05, 4.69) is 5.32 Å². The maximum Gasteiger partial charge on any atom is 0.255 e. The molecule has 1 aliphatic rings. The fraction of sp³-hybridized carbons (Fsp3) is 0.217. The van der Waals surface area contributed by atoms with Crippen molar-refractivity contribution in [1.29, 1.82) is 0 Å². The van der Waals surface area contributed by atoms with Gasteiger partial charge in [0.15, 0.2) is 0 Å². The van der Waals surface area contributed by atoms with Gasteiger partial charge in [0.05, 0.1) is 6.42 Å². The maximum atomic E-state index is 12.6. The summed E-state index contributed by atoms with van der Waals surface area (Å²) in [5, 5.41) is 5.08. The van der Waals surface area contributed by atoms with E-state index in [-0.39, 0.29) is 11.8 Å². The van der Waals surface area contributed by atoms with E-state index in [4.69, 9.17) is 0 Å². The first-order chi connectivity index (χ1) is 13.7. The third kappa shape index (κ3) is 4.37. The van der Waals surface area contributed by atoms with Crippen molar-refractivity contribution in [2.75, 3.05) is 29.9 Å². The van der Waals surface area contributed by atoms with Crippen molar-refractivity contribution in [3.05, 3.63) is 77.9 Å². The second-order valence-electron chi connectivity index (χ2n) is 6.88. The second kappa shape index (κ2) is 8.48. The summed E-state index contributed by atoms with van der Waals surface area (Å²) in [6.45, 7) is 1.67. The number of carbonyl (C=O) groups excluding carboxylic acids is 2. The maximum absolute atomic E-state index is 12.6. The SMILES string of the molecule is O=C(Nc1ccc(CC(=O)N2CCSCC2)cc1)c1ccc2ccccc2c1. The molecule has 28 heavy (non-hydrogen) atoms. The van der Waals surface area contributed by atoms with Crippen LogP contribution in [-0.2, 0) is 11.2 Å². The minimum Gasteiger partial charge on any atom is -0.341 e. The summed E-state index contributed by atoms with van der Waals surface area (Å²) in [6, 6.07) is 21.2. The molecule has 0 atom stereocenters. The van der Waals surface area contributed by atoms with Crippen molar-refractivity contribution < 1.29 is 9.59 Å². The van der Waals surface area contributed by atoms with E-state index in [0.717, 1.165) is 46.6 Å². The van der Waals surface area contributed by atoms with Crippen molar-refractivity contribution in [3.8, 4) is 0 Å². The van der Waals surface area contributed by atoms with Crippen LogP contribution in [0.25, 0.3) is 10.8 Å². The Morgan fingerprint density at radius 3 is 2.36 bits per heavy atom. The van der Waals surface area contributed by atoms with E-state index in [1.54, 1.807) is 0 Å². The average molecular weight is 391 g/mol. The number of hydrogen-bond acceptors (Lipinski definition) is 3. The van der Waals surface area contributed by atoms with E-state index in [0.29, 0.717) is 12.0 Å². The topological polar surface area (TPSA) is 49.4 Å². The zero-order valence-electron chi connectivity index (χ0n) is 15.6. The molecule has 3 aromatic rings. The Morgan fingerprint density at radius 1 is 0.893 bits per heavy atom.